The van der Waals surface area contributed by atoms with Gasteiger partial charge in [0.25, 0.3) is 5.91 Å². The SMILES string of the molecule is CCC(C)N(CC)C(=O)c1cccc(C(F)(F)F)c1NC. The van der Waals surface area contributed by atoms with Crippen LogP contribution in [-0.2, 0) is 6.18 Å². The van der Waals surface area contributed by atoms with Crippen molar-refractivity contribution in [2.45, 2.75) is 39.4 Å². The van der Waals surface area contributed by atoms with Gasteiger partial charge in [-0.2, -0.15) is 13.2 Å². The zero-order valence-corrected chi connectivity index (χ0v) is 12.7. The number of anilines is 1. The number of carbonyl (C=O) groups excluding carboxylic acids is 1. The van der Waals surface area contributed by atoms with E-state index in [1.54, 1.807) is 4.90 Å². The van der Waals surface area contributed by atoms with Gasteiger partial charge in [-0.3, -0.25) is 4.79 Å². The number of alkyl halides is 3. The fourth-order valence-corrected chi connectivity index (χ4v) is 2.27. The normalized spacial score (nSPS) is 12.9. The molecule has 1 atom stereocenters. The highest BCUT2D eigenvalue weighted by molar-refractivity contribution is 6.00. The largest absolute Gasteiger partial charge is 0.418 e. The highest BCUT2D eigenvalue weighted by atomic mass is 19.4. The van der Waals surface area contributed by atoms with Crippen LogP contribution in [0.2, 0.25) is 0 Å². The van der Waals surface area contributed by atoms with Crippen molar-refractivity contribution in [2.75, 3.05) is 18.9 Å². The second kappa shape index (κ2) is 6.83. The number of amides is 1. The lowest BCUT2D eigenvalue weighted by molar-refractivity contribution is -0.136. The number of benzene rings is 1. The Balaban J connectivity index is 3.33. The average molecular weight is 302 g/mol. The molecule has 1 rings (SSSR count). The van der Waals surface area contributed by atoms with Crippen molar-refractivity contribution in [3.8, 4) is 0 Å². The molecule has 0 radical (unpaired) electrons. The summed E-state index contributed by atoms with van der Waals surface area (Å²) >= 11 is 0. The van der Waals surface area contributed by atoms with E-state index in [0.29, 0.717) is 6.54 Å². The number of hydrogen-bond acceptors (Lipinski definition) is 2. The van der Waals surface area contributed by atoms with E-state index < -0.39 is 11.7 Å². The molecule has 0 aromatic heterocycles. The molecule has 0 fully saturated rings. The Hall–Kier alpha value is -1.72. The molecule has 118 valence electrons. The van der Waals surface area contributed by atoms with Crippen LogP contribution in [0.25, 0.3) is 0 Å². The molecular weight excluding hydrogens is 281 g/mol. The molecule has 0 aliphatic rings. The summed E-state index contributed by atoms with van der Waals surface area (Å²) in [6.45, 7) is 6.09. The Morgan fingerprint density at radius 2 is 1.95 bits per heavy atom. The summed E-state index contributed by atoms with van der Waals surface area (Å²) < 4.78 is 39.1. The van der Waals surface area contributed by atoms with Crippen LogP contribution in [0, 0.1) is 0 Å². The average Bonchev–Trinajstić information content (AvgIpc) is 2.45. The maximum absolute atomic E-state index is 13.0. The lowest BCUT2D eigenvalue weighted by Gasteiger charge is -2.28. The van der Waals surface area contributed by atoms with Crippen molar-refractivity contribution in [1.82, 2.24) is 4.90 Å². The zero-order valence-electron chi connectivity index (χ0n) is 12.7. The van der Waals surface area contributed by atoms with Crippen molar-refractivity contribution in [3.63, 3.8) is 0 Å². The Morgan fingerprint density at radius 1 is 1.33 bits per heavy atom. The number of nitrogens with one attached hydrogen (secondary N) is 1. The Bertz CT molecular complexity index is 500. The fraction of sp³-hybridized carbons (Fsp3) is 0.533. The number of carbonyl (C=O) groups is 1. The van der Waals surface area contributed by atoms with Gasteiger partial charge in [0.2, 0.25) is 0 Å². The fourth-order valence-electron chi connectivity index (χ4n) is 2.27. The summed E-state index contributed by atoms with van der Waals surface area (Å²) in [5, 5.41) is 2.52. The quantitative estimate of drug-likeness (QED) is 0.891. The minimum Gasteiger partial charge on any atom is -0.387 e. The van der Waals surface area contributed by atoms with Gasteiger partial charge in [-0.05, 0) is 32.4 Å². The molecule has 0 aliphatic heterocycles. The molecule has 0 spiro atoms. The van der Waals surface area contributed by atoms with Crippen molar-refractivity contribution < 1.29 is 18.0 Å². The third-order valence-electron chi connectivity index (χ3n) is 3.57. The number of halogens is 3. The van der Waals surface area contributed by atoms with Gasteiger partial charge in [-0.15, -0.1) is 0 Å². The molecule has 1 amide bonds. The second-order valence-electron chi connectivity index (χ2n) is 4.82. The van der Waals surface area contributed by atoms with Gasteiger partial charge in [0.1, 0.15) is 0 Å². The summed E-state index contributed by atoms with van der Waals surface area (Å²) in [7, 11) is 1.39. The summed E-state index contributed by atoms with van der Waals surface area (Å²) in [6.07, 6.45) is -3.75. The highest BCUT2D eigenvalue weighted by Gasteiger charge is 2.35. The number of nitrogens with zero attached hydrogens (tertiary/aromatic N) is 1. The van der Waals surface area contributed by atoms with E-state index in [4.69, 9.17) is 0 Å². The first-order valence-electron chi connectivity index (χ1n) is 6.96. The van der Waals surface area contributed by atoms with Gasteiger partial charge in [-0.25, -0.2) is 0 Å². The molecule has 0 saturated heterocycles. The zero-order chi connectivity index (χ0) is 16.2. The lowest BCUT2D eigenvalue weighted by Crippen LogP contribution is -2.38. The van der Waals surface area contributed by atoms with Crippen LogP contribution in [0.3, 0.4) is 0 Å². The minimum atomic E-state index is -4.50. The standard InChI is InChI=1S/C15H21F3N2O/c1-5-10(3)20(6-2)14(21)11-8-7-9-12(13(11)19-4)15(16,17)18/h7-10,19H,5-6H2,1-4H3. The van der Waals surface area contributed by atoms with Crippen LogP contribution in [0.1, 0.15) is 43.1 Å². The molecule has 0 heterocycles. The van der Waals surface area contributed by atoms with E-state index in [1.807, 2.05) is 20.8 Å². The summed E-state index contributed by atoms with van der Waals surface area (Å²) in [5.41, 5.74) is -0.942. The summed E-state index contributed by atoms with van der Waals surface area (Å²) in [5.74, 6) is -0.387. The van der Waals surface area contributed by atoms with Crippen molar-refractivity contribution >= 4 is 11.6 Å². The molecule has 3 nitrogen and oxygen atoms in total. The first-order chi connectivity index (χ1) is 9.77. The van der Waals surface area contributed by atoms with Crippen LogP contribution in [0.5, 0.6) is 0 Å². The molecule has 0 bridgehead atoms. The Labute approximate surface area is 123 Å². The topological polar surface area (TPSA) is 32.3 Å². The van der Waals surface area contributed by atoms with Crippen LogP contribution >= 0.6 is 0 Å². The first-order valence-corrected chi connectivity index (χ1v) is 6.96. The second-order valence-corrected chi connectivity index (χ2v) is 4.82. The molecule has 0 saturated carbocycles. The molecule has 1 unspecified atom stereocenters. The monoisotopic (exact) mass is 302 g/mol. The van der Waals surface area contributed by atoms with Gasteiger partial charge >= 0.3 is 6.18 Å². The number of para-hydroxylation sites is 1. The number of rotatable bonds is 5. The smallest absolute Gasteiger partial charge is 0.387 e. The van der Waals surface area contributed by atoms with Crippen molar-refractivity contribution in [1.29, 1.82) is 0 Å². The van der Waals surface area contributed by atoms with E-state index in [0.717, 1.165) is 12.5 Å². The molecule has 1 aromatic rings. The summed E-state index contributed by atoms with van der Waals surface area (Å²) in [4.78, 5) is 14.1. The van der Waals surface area contributed by atoms with Gasteiger partial charge < -0.3 is 10.2 Å². The first kappa shape index (κ1) is 17.3. The van der Waals surface area contributed by atoms with Gasteiger partial charge in [0.05, 0.1) is 16.8 Å². The highest BCUT2D eigenvalue weighted by Crippen LogP contribution is 2.36. The van der Waals surface area contributed by atoms with E-state index in [9.17, 15) is 18.0 Å². The molecular formula is C15H21F3N2O. The predicted molar refractivity (Wildman–Crippen MR) is 77.5 cm³/mol. The van der Waals surface area contributed by atoms with E-state index in [-0.39, 0.29) is 23.2 Å². The predicted octanol–water partition coefficient (Wildman–Crippen LogP) is 4.01. The van der Waals surface area contributed by atoms with E-state index in [1.165, 1.54) is 19.2 Å². The van der Waals surface area contributed by atoms with Gasteiger partial charge in [0.15, 0.2) is 0 Å². The Morgan fingerprint density at radius 3 is 2.38 bits per heavy atom. The maximum atomic E-state index is 13.0. The van der Waals surface area contributed by atoms with Gasteiger partial charge in [-0.1, -0.05) is 13.0 Å². The van der Waals surface area contributed by atoms with Crippen LogP contribution < -0.4 is 5.32 Å². The molecule has 1 aromatic carbocycles. The molecule has 1 N–H and O–H groups in total. The van der Waals surface area contributed by atoms with Crippen molar-refractivity contribution in [2.24, 2.45) is 0 Å². The van der Waals surface area contributed by atoms with Crippen LogP contribution in [0.4, 0.5) is 18.9 Å². The molecule has 6 heteroatoms. The Kier molecular flexibility index (Phi) is 5.63. The van der Waals surface area contributed by atoms with Crippen LogP contribution in [0.15, 0.2) is 18.2 Å². The van der Waals surface area contributed by atoms with E-state index >= 15 is 0 Å². The molecule has 0 aliphatic carbocycles. The maximum Gasteiger partial charge on any atom is 0.418 e. The van der Waals surface area contributed by atoms with Crippen molar-refractivity contribution in [3.05, 3.63) is 29.3 Å². The lowest BCUT2D eigenvalue weighted by atomic mass is 10.0. The minimum absolute atomic E-state index is 0.0262. The third-order valence-corrected chi connectivity index (χ3v) is 3.57. The summed E-state index contributed by atoms with van der Waals surface area (Å²) in [6, 6.07) is 3.64. The van der Waals surface area contributed by atoms with E-state index in [2.05, 4.69) is 5.32 Å². The third kappa shape index (κ3) is 3.68. The van der Waals surface area contributed by atoms with Crippen LogP contribution in [-0.4, -0.2) is 30.4 Å². The number of hydrogen-bond donors (Lipinski definition) is 1. The molecule has 21 heavy (non-hydrogen) atoms. The van der Waals surface area contributed by atoms with Gasteiger partial charge in [0, 0.05) is 19.6 Å².